The Bertz CT molecular complexity index is 473. The van der Waals surface area contributed by atoms with E-state index in [-0.39, 0.29) is 0 Å². The second kappa shape index (κ2) is 6.24. The molecule has 0 aliphatic carbocycles. The molecule has 0 fully saturated rings. The molecule has 0 bridgehead atoms. The molecule has 0 atom stereocenters. The van der Waals surface area contributed by atoms with Crippen LogP contribution in [0, 0.1) is 0 Å². The van der Waals surface area contributed by atoms with Gasteiger partial charge < -0.3 is 9.26 Å². The van der Waals surface area contributed by atoms with Crippen LogP contribution in [0.4, 0.5) is 0 Å². The first-order valence-corrected chi connectivity index (χ1v) is 6.43. The molecule has 2 aromatic rings. The molecule has 0 aliphatic heterocycles. The monoisotopic (exact) mass is 245 g/mol. The Morgan fingerprint density at radius 3 is 2.61 bits per heavy atom. The van der Waals surface area contributed by atoms with Crippen LogP contribution in [0.3, 0.4) is 0 Å². The molecular formula is C15H19NO2. The van der Waals surface area contributed by atoms with Crippen molar-refractivity contribution in [2.75, 3.05) is 7.11 Å². The fourth-order valence-electron chi connectivity index (χ4n) is 1.88. The van der Waals surface area contributed by atoms with Crippen LogP contribution < -0.4 is 4.74 Å². The largest absolute Gasteiger partial charge is 0.497 e. The minimum atomic E-state index is 0.852. The van der Waals surface area contributed by atoms with Crippen LogP contribution in [0.5, 0.6) is 5.75 Å². The van der Waals surface area contributed by atoms with Gasteiger partial charge in [-0.25, -0.2) is 0 Å². The van der Waals surface area contributed by atoms with Crippen molar-refractivity contribution in [1.82, 2.24) is 5.16 Å². The topological polar surface area (TPSA) is 35.3 Å². The van der Waals surface area contributed by atoms with Gasteiger partial charge >= 0.3 is 0 Å². The molecule has 0 amide bonds. The summed E-state index contributed by atoms with van der Waals surface area (Å²) in [5, 5.41) is 4.10. The first-order chi connectivity index (χ1) is 8.83. The van der Waals surface area contributed by atoms with Gasteiger partial charge in [-0.15, -0.1) is 0 Å². The zero-order chi connectivity index (χ0) is 12.8. The van der Waals surface area contributed by atoms with Crippen LogP contribution in [0.1, 0.15) is 31.9 Å². The zero-order valence-electron chi connectivity index (χ0n) is 11.0. The van der Waals surface area contributed by atoms with Gasteiger partial charge in [-0.1, -0.05) is 24.9 Å². The lowest BCUT2D eigenvalue weighted by molar-refractivity contribution is 0.381. The molecule has 3 nitrogen and oxygen atoms in total. The van der Waals surface area contributed by atoms with Crippen molar-refractivity contribution in [3.63, 3.8) is 0 Å². The Hall–Kier alpha value is -1.77. The molecule has 1 aromatic heterocycles. The Balaban J connectivity index is 2.04. The van der Waals surface area contributed by atoms with Crippen LogP contribution in [0.25, 0.3) is 11.3 Å². The van der Waals surface area contributed by atoms with Gasteiger partial charge in [-0.3, -0.25) is 0 Å². The average molecular weight is 245 g/mol. The van der Waals surface area contributed by atoms with E-state index in [0.29, 0.717) is 0 Å². The van der Waals surface area contributed by atoms with E-state index < -0.39 is 0 Å². The summed E-state index contributed by atoms with van der Waals surface area (Å²) in [5.74, 6) is 1.82. The highest BCUT2D eigenvalue weighted by Gasteiger charge is 2.06. The number of unbranched alkanes of at least 4 members (excludes halogenated alkanes) is 2. The maximum atomic E-state index is 5.34. The van der Waals surface area contributed by atoms with Crippen LogP contribution in [0.15, 0.2) is 34.9 Å². The number of hydrogen-bond acceptors (Lipinski definition) is 3. The molecule has 96 valence electrons. The van der Waals surface area contributed by atoms with Crippen molar-refractivity contribution in [3.8, 4) is 17.0 Å². The molecule has 2 rings (SSSR count). The van der Waals surface area contributed by atoms with Crippen LogP contribution in [-0.2, 0) is 6.42 Å². The lowest BCUT2D eigenvalue weighted by atomic mass is 10.1. The molecule has 0 saturated heterocycles. The normalized spacial score (nSPS) is 10.6. The van der Waals surface area contributed by atoms with Crippen molar-refractivity contribution >= 4 is 0 Å². The van der Waals surface area contributed by atoms with Gasteiger partial charge in [0, 0.05) is 18.1 Å². The summed E-state index contributed by atoms with van der Waals surface area (Å²) in [7, 11) is 1.66. The molecule has 0 spiro atoms. The van der Waals surface area contributed by atoms with Gasteiger partial charge in [0.15, 0.2) is 0 Å². The van der Waals surface area contributed by atoms with Crippen LogP contribution >= 0.6 is 0 Å². The standard InChI is InChI=1S/C15H19NO2/c1-3-4-5-6-14-11-15(16-18-14)12-7-9-13(17-2)10-8-12/h7-11H,3-6H2,1-2H3. The van der Waals surface area contributed by atoms with E-state index in [4.69, 9.17) is 9.26 Å². The van der Waals surface area contributed by atoms with Crippen molar-refractivity contribution in [2.24, 2.45) is 0 Å². The first kappa shape index (κ1) is 12.7. The van der Waals surface area contributed by atoms with Gasteiger partial charge in [-0.2, -0.15) is 0 Å². The molecule has 1 heterocycles. The molecule has 0 unspecified atom stereocenters. The molecule has 0 aliphatic rings. The predicted octanol–water partition coefficient (Wildman–Crippen LogP) is 4.08. The summed E-state index contributed by atoms with van der Waals surface area (Å²) >= 11 is 0. The minimum Gasteiger partial charge on any atom is -0.497 e. The van der Waals surface area contributed by atoms with E-state index in [1.54, 1.807) is 7.11 Å². The number of nitrogens with zero attached hydrogens (tertiary/aromatic N) is 1. The molecule has 0 N–H and O–H groups in total. The Morgan fingerprint density at radius 1 is 1.17 bits per heavy atom. The zero-order valence-corrected chi connectivity index (χ0v) is 11.0. The summed E-state index contributed by atoms with van der Waals surface area (Å²) in [6.07, 6.45) is 4.59. The first-order valence-electron chi connectivity index (χ1n) is 6.43. The van der Waals surface area contributed by atoms with E-state index in [1.807, 2.05) is 30.3 Å². The number of rotatable bonds is 6. The summed E-state index contributed by atoms with van der Waals surface area (Å²) in [4.78, 5) is 0. The second-order valence-electron chi connectivity index (χ2n) is 4.36. The number of hydrogen-bond donors (Lipinski definition) is 0. The summed E-state index contributed by atoms with van der Waals surface area (Å²) in [5.41, 5.74) is 1.95. The second-order valence-corrected chi connectivity index (χ2v) is 4.36. The van der Waals surface area contributed by atoms with E-state index in [9.17, 15) is 0 Å². The highest BCUT2D eigenvalue weighted by atomic mass is 16.5. The van der Waals surface area contributed by atoms with Gasteiger partial charge in [0.25, 0.3) is 0 Å². The van der Waals surface area contributed by atoms with Gasteiger partial charge in [0.05, 0.1) is 7.11 Å². The van der Waals surface area contributed by atoms with Gasteiger partial charge in [0.2, 0.25) is 0 Å². The van der Waals surface area contributed by atoms with E-state index in [0.717, 1.165) is 35.6 Å². The summed E-state index contributed by atoms with van der Waals surface area (Å²) in [6, 6.07) is 9.87. The fraction of sp³-hybridized carbons (Fsp3) is 0.400. The smallest absolute Gasteiger partial charge is 0.137 e. The van der Waals surface area contributed by atoms with E-state index in [2.05, 4.69) is 12.1 Å². The molecule has 0 radical (unpaired) electrons. The quantitative estimate of drug-likeness (QED) is 0.719. The average Bonchev–Trinajstić information content (AvgIpc) is 2.88. The highest BCUT2D eigenvalue weighted by molar-refractivity contribution is 5.59. The number of methoxy groups -OCH3 is 1. The van der Waals surface area contributed by atoms with Crippen molar-refractivity contribution < 1.29 is 9.26 Å². The van der Waals surface area contributed by atoms with Gasteiger partial charge in [-0.05, 0) is 30.7 Å². The Kier molecular flexibility index (Phi) is 4.40. The molecule has 1 aromatic carbocycles. The van der Waals surface area contributed by atoms with Gasteiger partial charge in [0.1, 0.15) is 17.2 Å². The third-order valence-electron chi connectivity index (χ3n) is 2.97. The summed E-state index contributed by atoms with van der Waals surface area (Å²) in [6.45, 7) is 2.20. The van der Waals surface area contributed by atoms with Crippen molar-refractivity contribution in [2.45, 2.75) is 32.6 Å². The van der Waals surface area contributed by atoms with Crippen LogP contribution in [-0.4, -0.2) is 12.3 Å². The van der Waals surface area contributed by atoms with Crippen molar-refractivity contribution in [1.29, 1.82) is 0 Å². The Morgan fingerprint density at radius 2 is 1.94 bits per heavy atom. The predicted molar refractivity (Wildman–Crippen MR) is 71.7 cm³/mol. The minimum absolute atomic E-state index is 0.852. The van der Waals surface area contributed by atoms with E-state index >= 15 is 0 Å². The number of ether oxygens (including phenoxy) is 1. The molecule has 0 saturated carbocycles. The van der Waals surface area contributed by atoms with E-state index in [1.165, 1.54) is 12.8 Å². The highest BCUT2D eigenvalue weighted by Crippen LogP contribution is 2.22. The maximum absolute atomic E-state index is 5.34. The van der Waals surface area contributed by atoms with Crippen LogP contribution in [0.2, 0.25) is 0 Å². The lowest BCUT2D eigenvalue weighted by Crippen LogP contribution is -1.82. The number of benzene rings is 1. The molecule has 18 heavy (non-hydrogen) atoms. The third kappa shape index (κ3) is 3.13. The SMILES string of the molecule is CCCCCc1cc(-c2ccc(OC)cc2)no1. The number of aromatic nitrogens is 1. The molecular weight excluding hydrogens is 226 g/mol. The molecule has 3 heteroatoms. The number of aryl methyl sites for hydroxylation is 1. The van der Waals surface area contributed by atoms with Crippen molar-refractivity contribution in [3.05, 3.63) is 36.1 Å². The summed E-state index contributed by atoms with van der Waals surface area (Å²) < 4.78 is 10.5. The maximum Gasteiger partial charge on any atom is 0.137 e. The fourth-order valence-corrected chi connectivity index (χ4v) is 1.88. The third-order valence-corrected chi connectivity index (χ3v) is 2.97. The lowest BCUT2D eigenvalue weighted by Gasteiger charge is -1.99. The Labute approximate surface area is 108 Å².